The average molecular weight is 241 g/mol. The van der Waals surface area contributed by atoms with Crippen LogP contribution in [0.25, 0.3) is 10.9 Å². The standard InChI is InChI=1S/C12H16N2O.ClH/c13-11(2-1-7-15)9-3-4-12-10(8-9)5-6-14-12;/h3-6,8,11,14-15H,1-2,7,13H2;1H/t11-;/m0./s1. The Morgan fingerprint density at radius 3 is 2.88 bits per heavy atom. The number of fused-ring (bicyclic) bond motifs is 1. The Bertz CT molecular complexity index is 441. The maximum Gasteiger partial charge on any atom is 0.0454 e. The molecule has 88 valence electrons. The van der Waals surface area contributed by atoms with Crippen molar-refractivity contribution < 1.29 is 5.11 Å². The van der Waals surface area contributed by atoms with Crippen LogP contribution in [0, 0.1) is 0 Å². The number of H-pyrrole nitrogens is 1. The molecule has 1 aromatic carbocycles. The number of aromatic nitrogens is 1. The van der Waals surface area contributed by atoms with Crippen molar-refractivity contribution in [3.8, 4) is 0 Å². The molecule has 0 saturated carbocycles. The van der Waals surface area contributed by atoms with Gasteiger partial charge < -0.3 is 15.8 Å². The Hall–Kier alpha value is -1.03. The second kappa shape index (κ2) is 5.89. The number of aromatic amines is 1. The SMILES string of the molecule is Cl.N[C@@H](CCCO)c1ccc2[nH]ccc2c1. The first-order valence-electron chi connectivity index (χ1n) is 5.25. The molecule has 0 saturated heterocycles. The van der Waals surface area contributed by atoms with E-state index in [1.54, 1.807) is 0 Å². The molecule has 0 fully saturated rings. The monoisotopic (exact) mass is 240 g/mol. The molecule has 1 heterocycles. The third-order valence-corrected chi connectivity index (χ3v) is 2.68. The van der Waals surface area contributed by atoms with E-state index in [0.717, 1.165) is 23.9 Å². The van der Waals surface area contributed by atoms with Crippen molar-refractivity contribution in [3.63, 3.8) is 0 Å². The van der Waals surface area contributed by atoms with Crippen molar-refractivity contribution in [2.45, 2.75) is 18.9 Å². The predicted octanol–water partition coefficient (Wildman–Crippen LogP) is 2.36. The highest BCUT2D eigenvalue weighted by atomic mass is 35.5. The Kier molecular flexibility index (Phi) is 4.80. The summed E-state index contributed by atoms with van der Waals surface area (Å²) in [5.74, 6) is 0. The number of hydrogen-bond donors (Lipinski definition) is 3. The van der Waals surface area contributed by atoms with E-state index in [9.17, 15) is 0 Å². The zero-order chi connectivity index (χ0) is 10.7. The van der Waals surface area contributed by atoms with E-state index in [2.05, 4.69) is 11.1 Å². The molecule has 16 heavy (non-hydrogen) atoms. The molecule has 0 bridgehead atoms. The lowest BCUT2D eigenvalue weighted by Gasteiger charge is -2.11. The van der Waals surface area contributed by atoms with Gasteiger partial charge in [-0.1, -0.05) is 6.07 Å². The molecular weight excluding hydrogens is 224 g/mol. The summed E-state index contributed by atoms with van der Waals surface area (Å²) < 4.78 is 0. The molecular formula is C12H17ClN2O. The van der Waals surface area contributed by atoms with Gasteiger partial charge in [0.2, 0.25) is 0 Å². The number of halogens is 1. The Balaban J connectivity index is 0.00000128. The van der Waals surface area contributed by atoms with Gasteiger partial charge in [0.25, 0.3) is 0 Å². The summed E-state index contributed by atoms with van der Waals surface area (Å²) in [5, 5.41) is 9.93. The lowest BCUT2D eigenvalue weighted by Crippen LogP contribution is -2.10. The highest BCUT2D eigenvalue weighted by Crippen LogP contribution is 2.20. The van der Waals surface area contributed by atoms with Crippen molar-refractivity contribution in [1.29, 1.82) is 0 Å². The molecule has 0 unspecified atom stereocenters. The van der Waals surface area contributed by atoms with Crippen LogP contribution in [0.15, 0.2) is 30.5 Å². The number of nitrogens with one attached hydrogen (secondary N) is 1. The van der Waals surface area contributed by atoms with Crippen molar-refractivity contribution in [3.05, 3.63) is 36.0 Å². The van der Waals surface area contributed by atoms with Crippen LogP contribution in [0.2, 0.25) is 0 Å². The lowest BCUT2D eigenvalue weighted by atomic mass is 10.0. The van der Waals surface area contributed by atoms with Crippen molar-refractivity contribution >= 4 is 23.3 Å². The molecule has 4 heteroatoms. The molecule has 0 amide bonds. The molecule has 3 nitrogen and oxygen atoms in total. The number of rotatable bonds is 4. The van der Waals surface area contributed by atoms with E-state index in [-0.39, 0.29) is 25.1 Å². The molecule has 0 radical (unpaired) electrons. The first-order chi connectivity index (χ1) is 7.31. The Labute approximate surface area is 101 Å². The van der Waals surface area contributed by atoms with Gasteiger partial charge in [-0.05, 0) is 42.0 Å². The van der Waals surface area contributed by atoms with Crippen LogP contribution in [0.5, 0.6) is 0 Å². The highest BCUT2D eigenvalue weighted by Gasteiger charge is 2.06. The second-order valence-electron chi connectivity index (χ2n) is 3.80. The zero-order valence-corrected chi connectivity index (χ0v) is 9.83. The number of nitrogens with two attached hydrogens (primary N) is 1. The van der Waals surface area contributed by atoms with E-state index >= 15 is 0 Å². The molecule has 2 aromatic rings. The normalized spacial score (nSPS) is 12.4. The van der Waals surface area contributed by atoms with E-state index < -0.39 is 0 Å². The second-order valence-corrected chi connectivity index (χ2v) is 3.80. The quantitative estimate of drug-likeness (QED) is 0.768. The van der Waals surface area contributed by atoms with Gasteiger partial charge in [0, 0.05) is 24.4 Å². The van der Waals surface area contributed by atoms with Gasteiger partial charge >= 0.3 is 0 Å². The zero-order valence-electron chi connectivity index (χ0n) is 9.02. The van der Waals surface area contributed by atoms with Crippen LogP contribution < -0.4 is 5.73 Å². The van der Waals surface area contributed by atoms with E-state index in [0.29, 0.717) is 0 Å². The summed E-state index contributed by atoms with van der Waals surface area (Å²) in [7, 11) is 0. The number of hydrogen-bond acceptors (Lipinski definition) is 2. The van der Waals surface area contributed by atoms with Crippen molar-refractivity contribution in [2.75, 3.05) is 6.61 Å². The third kappa shape index (κ3) is 2.76. The van der Waals surface area contributed by atoms with Gasteiger partial charge in [-0.25, -0.2) is 0 Å². The Morgan fingerprint density at radius 1 is 1.31 bits per heavy atom. The van der Waals surface area contributed by atoms with Crippen LogP contribution in [0.1, 0.15) is 24.4 Å². The molecule has 0 aliphatic heterocycles. The summed E-state index contributed by atoms with van der Waals surface area (Å²) in [4.78, 5) is 3.15. The van der Waals surface area contributed by atoms with Gasteiger partial charge in [0.15, 0.2) is 0 Å². The number of benzene rings is 1. The lowest BCUT2D eigenvalue weighted by molar-refractivity contribution is 0.280. The molecule has 2 rings (SSSR count). The van der Waals surface area contributed by atoms with Crippen LogP contribution in [0.3, 0.4) is 0 Å². The predicted molar refractivity (Wildman–Crippen MR) is 68.8 cm³/mol. The van der Waals surface area contributed by atoms with Crippen LogP contribution in [-0.4, -0.2) is 16.7 Å². The van der Waals surface area contributed by atoms with Crippen LogP contribution >= 0.6 is 12.4 Å². The molecule has 0 spiro atoms. The minimum Gasteiger partial charge on any atom is -0.396 e. The molecule has 0 aliphatic carbocycles. The summed E-state index contributed by atoms with van der Waals surface area (Å²) >= 11 is 0. The van der Waals surface area contributed by atoms with Gasteiger partial charge in [-0.2, -0.15) is 0 Å². The third-order valence-electron chi connectivity index (χ3n) is 2.68. The summed E-state index contributed by atoms with van der Waals surface area (Å²) in [6.07, 6.45) is 3.51. The molecule has 1 aromatic heterocycles. The fourth-order valence-corrected chi connectivity index (χ4v) is 1.78. The molecule has 0 aliphatic rings. The minimum atomic E-state index is 0. The maximum atomic E-state index is 8.74. The van der Waals surface area contributed by atoms with E-state index in [4.69, 9.17) is 10.8 Å². The number of aliphatic hydroxyl groups is 1. The fourth-order valence-electron chi connectivity index (χ4n) is 1.78. The molecule has 4 N–H and O–H groups in total. The largest absolute Gasteiger partial charge is 0.396 e. The van der Waals surface area contributed by atoms with Gasteiger partial charge in [0.1, 0.15) is 0 Å². The van der Waals surface area contributed by atoms with Crippen LogP contribution in [-0.2, 0) is 0 Å². The topological polar surface area (TPSA) is 62.0 Å². The summed E-state index contributed by atoms with van der Waals surface area (Å²) in [6.45, 7) is 0.208. The van der Waals surface area contributed by atoms with Gasteiger partial charge in [0.05, 0.1) is 0 Å². The minimum absolute atomic E-state index is 0. The van der Waals surface area contributed by atoms with Gasteiger partial charge in [-0.15, -0.1) is 12.4 Å². The Morgan fingerprint density at radius 2 is 2.12 bits per heavy atom. The summed E-state index contributed by atoms with van der Waals surface area (Å²) in [5.41, 5.74) is 8.29. The summed E-state index contributed by atoms with van der Waals surface area (Å²) in [6, 6.07) is 8.26. The average Bonchev–Trinajstić information content (AvgIpc) is 2.72. The molecule has 1 atom stereocenters. The van der Waals surface area contributed by atoms with Crippen LogP contribution in [0.4, 0.5) is 0 Å². The van der Waals surface area contributed by atoms with Crippen molar-refractivity contribution in [2.24, 2.45) is 5.73 Å². The maximum absolute atomic E-state index is 8.74. The smallest absolute Gasteiger partial charge is 0.0454 e. The first kappa shape index (κ1) is 13.0. The highest BCUT2D eigenvalue weighted by molar-refractivity contribution is 5.85. The number of aliphatic hydroxyl groups excluding tert-OH is 1. The van der Waals surface area contributed by atoms with Crippen molar-refractivity contribution in [1.82, 2.24) is 4.98 Å². The van der Waals surface area contributed by atoms with E-state index in [1.165, 1.54) is 5.39 Å². The first-order valence-corrected chi connectivity index (χ1v) is 5.25. The van der Waals surface area contributed by atoms with Gasteiger partial charge in [-0.3, -0.25) is 0 Å². The van der Waals surface area contributed by atoms with E-state index in [1.807, 2.05) is 24.4 Å². The fraction of sp³-hybridized carbons (Fsp3) is 0.333.